The zero-order chi connectivity index (χ0) is 22.6. The SMILES string of the molecule is CC(c1ccccc1)N(C)C(=O)COC(=O)c1cc(S(=O)(=O)N2CCCC2)ccc1Cl. The lowest BCUT2D eigenvalue weighted by Crippen LogP contribution is -2.33. The third-order valence-electron chi connectivity index (χ3n) is 5.44. The second kappa shape index (κ2) is 9.80. The van der Waals surface area contributed by atoms with Gasteiger partial charge in [-0.1, -0.05) is 41.9 Å². The molecule has 0 N–H and O–H groups in total. The highest BCUT2D eigenvalue weighted by Crippen LogP contribution is 2.26. The van der Waals surface area contributed by atoms with Crippen LogP contribution in [-0.4, -0.2) is 56.2 Å². The molecule has 0 aliphatic carbocycles. The number of nitrogens with zero attached hydrogens (tertiary/aromatic N) is 2. The topological polar surface area (TPSA) is 84.0 Å². The van der Waals surface area contributed by atoms with Crippen LogP contribution in [-0.2, 0) is 19.6 Å². The first-order chi connectivity index (χ1) is 14.7. The van der Waals surface area contributed by atoms with E-state index in [2.05, 4.69) is 0 Å². The molecule has 0 saturated carbocycles. The lowest BCUT2D eigenvalue weighted by molar-refractivity contribution is -0.135. The number of carbonyl (C=O) groups excluding carboxylic acids is 2. The molecule has 7 nitrogen and oxygen atoms in total. The highest BCUT2D eigenvalue weighted by atomic mass is 35.5. The first kappa shape index (κ1) is 23.2. The molecule has 0 bridgehead atoms. The minimum absolute atomic E-state index is 0.0214. The molecular formula is C22H25ClN2O5S. The quantitative estimate of drug-likeness (QED) is 0.585. The van der Waals surface area contributed by atoms with E-state index in [0.717, 1.165) is 18.4 Å². The minimum Gasteiger partial charge on any atom is -0.452 e. The number of likely N-dealkylation sites (N-methyl/N-ethyl adjacent to an activating group) is 1. The average Bonchev–Trinajstić information content (AvgIpc) is 3.33. The summed E-state index contributed by atoms with van der Waals surface area (Å²) in [6, 6.07) is 13.2. The normalized spacial score (nSPS) is 15.5. The Morgan fingerprint density at radius 1 is 1.13 bits per heavy atom. The number of ether oxygens (including phenoxy) is 1. The van der Waals surface area contributed by atoms with Gasteiger partial charge in [0.1, 0.15) is 0 Å². The first-order valence-corrected chi connectivity index (χ1v) is 11.8. The number of rotatable bonds is 7. The molecule has 1 atom stereocenters. The smallest absolute Gasteiger partial charge is 0.340 e. The minimum atomic E-state index is -3.71. The van der Waals surface area contributed by atoms with Crippen LogP contribution in [0.15, 0.2) is 53.4 Å². The Balaban J connectivity index is 1.68. The van der Waals surface area contributed by atoms with Crippen molar-refractivity contribution in [2.75, 3.05) is 26.7 Å². The van der Waals surface area contributed by atoms with E-state index in [-0.39, 0.29) is 27.4 Å². The summed E-state index contributed by atoms with van der Waals surface area (Å²) in [4.78, 5) is 26.5. The fourth-order valence-electron chi connectivity index (χ4n) is 3.38. The summed E-state index contributed by atoms with van der Waals surface area (Å²) >= 11 is 6.10. The molecule has 1 unspecified atom stereocenters. The number of benzene rings is 2. The van der Waals surface area contributed by atoms with Gasteiger partial charge < -0.3 is 9.64 Å². The Morgan fingerprint density at radius 2 is 1.77 bits per heavy atom. The van der Waals surface area contributed by atoms with Gasteiger partial charge in [-0.3, -0.25) is 4.79 Å². The molecule has 3 rings (SSSR count). The van der Waals surface area contributed by atoms with E-state index in [1.807, 2.05) is 37.3 Å². The fraction of sp³-hybridized carbons (Fsp3) is 0.364. The number of esters is 1. The molecular weight excluding hydrogens is 440 g/mol. The maximum atomic E-state index is 12.8. The number of amides is 1. The zero-order valence-electron chi connectivity index (χ0n) is 17.5. The summed E-state index contributed by atoms with van der Waals surface area (Å²) in [5.74, 6) is -1.24. The van der Waals surface area contributed by atoms with Gasteiger partial charge >= 0.3 is 5.97 Å². The second-order valence-corrected chi connectivity index (χ2v) is 9.77. The van der Waals surface area contributed by atoms with Gasteiger partial charge in [-0.25, -0.2) is 13.2 Å². The van der Waals surface area contributed by atoms with Crippen LogP contribution in [0.4, 0.5) is 0 Å². The van der Waals surface area contributed by atoms with Crippen LogP contribution in [0.3, 0.4) is 0 Å². The largest absolute Gasteiger partial charge is 0.452 e. The first-order valence-electron chi connectivity index (χ1n) is 9.99. The highest BCUT2D eigenvalue weighted by Gasteiger charge is 2.29. The molecule has 1 heterocycles. The van der Waals surface area contributed by atoms with Crippen molar-refractivity contribution in [2.24, 2.45) is 0 Å². The van der Waals surface area contributed by atoms with Crippen molar-refractivity contribution >= 4 is 33.5 Å². The van der Waals surface area contributed by atoms with Gasteiger partial charge in [-0.15, -0.1) is 0 Å². The molecule has 31 heavy (non-hydrogen) atoms. The molecule has 2 aromatic carbocycles. The van der Waals surface area contributed by atoms with E-state index >= 15 is 0 Å². The predicted octanol–water partition coefficient (Wildman–Crippen LogP) is 3.50. The van der Waals surface area contributed by atoms with Gasteiger partial charge in [0, 0.05) is 20.1 Å². The third-order valence-corrected chi connectivity index (χ3v) is 7.67. The Morgan fingerprint density at radius 3 is 2.42 bits per heavy atom. The van der Waals surface area contributed by atoms with Gasteiger partial charge in [0.15, 0.2) is 6.61 Å². The van der Waals surface area contributed by atoms with Crippen molar-refractivity contribution < 1.29 is 22.7 Å². The lowest BCUT2D eigenvalue weighted by atomic mass is 10.1. The standard InChI is InChI=1S/C22H25ClN2O5S/c1-16(17-8-4-3-5-9-17)24(2)21(26)15-30-22(27)19-14-18(10-11-20(19)23)31(28,29)25-12-6-7-13-25/h3-5,8-11,14,16H,6-7,12-13,15H2,1-2H3. The highest BCUT2D eigenvalue weighted by molar-refractivity contribution is 7.89. The summed E-state index contributed by atoms with van der Waals surface area (Å²) in [6.45, 7) is 2.29. The van der Waals surface area contributed by atoms with Crippen molar-refractivity contribution in [1.29, 1.82) is 0 Å². The Hall–Kier alpha value is -2.42. The Kier molecular flexibility index (Phi) is 7.35. The molecule has 1 aliphatic rings. The van der Waals surface area contributed by atoms with Crippen LogP contribution in [0.2, 0.25) is 5.02 Å². The van der Waals surface area contributed by atoms with Crippen LogP contribution in [0.5, 0.6) is 0 Å². The van der Waals surface area contributed by atoms with Crippen molar-refractivity contribution in [3.8, 4) is 0 Å². The lowest BCUT2D eigenvalue weighted by Gasteiger charge is -2.25. The van der Waals surface area contributed by atoms with Gasteiger partial charge in [0.25, 0.3) is 5.91 Å². The number of hydrogen-bond donors (Lipinski definition) is 0. The van der Waals surface area contributed by atoms with Crippen molar-refractivity contribution in [2.45, 2.75) is 30.7 Å². The third kappa shape index (κ3) is 5.26. The number of sulfonamides is 1. The predicted molar refractivity (Wildman–Crippen MR) is 117 cm³/mol. The van der Waals surface area contributed by atoms with Crippen LogP contribution in [0.1, 0.15) is 41.7 Å². The van der Waals surface area contributed by atoms with E-state index in [1.54, 1.807) is 7.05 Å². The number of carbonyl (C=O) groups is 2. The molecule has 166 valence electrons. The number of hydrogen-bond acceptors (Lipinski definition) is 5. The van der Waals surface area contributed by atoms with Crippen LogP contribution in [0.25, 0.3) is 0 Å². The molecule has 1 aliphatic heterocycles. The Bertz CT molecular complexity index is 1050. The fourth-order valence-corrected chi connectivity index (χ4v) is 5.12. The van der Waals surface area contributed by atoms with Gasteiger partial charge in [0.05, 0.1) is 21.5 Å². The van der Waals surface area contributed by atoms with E-state index in [9.17, 15) is 18.0 Å². The summed E-state index contributed by atoms with van der Waals surface area (Å²) in [5, 5.41) is 0.0591. The second-order valence-electron chi connectivity index (χ2n) is 7.42. The summed E-state index contributed by atoms with van der Waals surface area (Å²) in [5.41, 5.74) is 0.862. The molecule has 0 aromatic heterocycles. The van der Waals surface area contributed by atoms with Gasteiger partial charge in [-0.05, 0) is 43.5 Å². The molecule has 9 heteroatoms. The molecule has 0 spiro atoms. The van der Waals surface area contributed by atoms with E-state index in [0.29, 0.717) is 13.1 Å². The van der Waals surface area contributed by atoms with Crippen LogP contribution in [0, 0.1) is 0 Å². The summed E-state index contributed by atoms with van der Waals surface area (Å²) in [6.07, 6.45) is 1.61. The van der Waals surface area contributed by atoms with Gasteiger partial charge in [0.2, 0.25) is 10.0 Å². The maximum absolute atomic E-state index is 12.8. The maximum Gasteiger partial charge on any atom is 0.340 e. The molecule has 2 aromatic rings. The monoisotopic (exact) mass is 464 g/mol. The summed E-state index contributed by atoms with van der Waals surface area (Å²) in [7, 11) is -2.08. The molecule has 1 fully saturated rings. The Labute approximate surface area is 187 Å². The molecule has 1 amide bonds. The van der Waals surface area contributed by atoms with E-state index < -0.39 is 22.6 Å². The molecule has 0 radical (unpaired) electrons. The van der Waals surface area contributed by atoms with Crippen molar-refractivity contribution in [3.05, 3.63) is 64.7 Å². The van der Waals surface area contributed by atoms with Crippen molar-refractivity contribution in [1.82, 2.24) is 9.21 Å². The van der Waals surface area contributed by atoms with Crippen molar-refractivity contribution in [3.63, 3.8) is 0 Å². The average molecular weight is 465 g/mol. The van der Waals surface area contributed by atoms with E-state index in [4.69, 9.17) is 16.3 Å². The number of halogens is 1. The van der Waals surface area contributed by atoms with E-state index in [1.165, 1.54) is 27.4 Å². The van der Waals surface area contributed by atoms with Crippen LogP contribution >= 0.6 is 11.6 Å². The summed E-state index contributed by atoms with van der Waals surface area (Å²) < 4.78 is 32.0. The van der Waals surface area contributed by atoms with Gasteiger partial charge in [-0.2, -0.15) is 4.31 Å². The molecule has 1 saturated heterocycles. The van der Waals surface area contributed by atoms with Crippen LogP contribution < -0.4 is 0 Å². The zero-order valence-corrected chi connectivity index (χ0v) is 19.0.